The first-order valence-electron chi connectivity index (χ1n) is 6.04. The lowest BCUT2D eigenvalue weighted by molar-refractivity contribution is 0.100. The lowest BCUT2D eigenvalue weighted by Crippen LogP contribution is -2.14. The van der Waals surface area contributed by atoms with E-state index in [9.17, 15) is 9.59 Å². The van der Waals surface area contributed by atoms with E-state index in [1.807, 2.05) is 24.5 Å². The third-order valence-corrected chi connectivity index (χ3v) is 4.00. The van der Waals surface area contributed by atoms with Gasteiger partial charge in [0.15, 0.2) is 5.43 Å². The van der Waals surface area contributed by atoms with E-state index in [0.717, 1.165) is 4.90 Å². The second-order valence-corrected chi connectivity index (χ2v) is 5.34. The van der Waals surface area contributed by atoms with Gasteiger partial charge in [-0.05, 0) is 30.5 Å². The molecule has 2 aromatic carbocycles. The number of nitrogens with two attached hydrogens (primary N) is 1. The van der Waals surface area contributed by atoms with E-state index >= 15 is 0 Å². The number of para-hydroxylation sites is 1. The lowest BCUT2D eigenvalue weighted by atomic mass is 10.1. The Morgan fingerprint density at radius 2 is 1.95 bits per heavy atom. The van der Waals surface area contributed by atoms with E-state index in [1.165, 1.54) is 11.8 Å². The van der Waals surface area contributed by atoms with Gasteiger partial charge in [-0.25, -0.2) is 0 Å². The van der Waals surface area contributed by atoms with E-state index in [2.05, 4.69) is 4.98 Å². The Hall–Kier alpha value is -2.27. The third-order valence-electron chi connectivity index (χ3n) is 3.29. The van der Waals surface area contributed by atoms with Crippen molar-refractivity contribution in [2.75, 3.05) is 6.26 Å². The minimum Gasteiger partial charge on any atom is -0.366 e. The SMILES string of the molecule is CSc1cc(C(N)=O)c2[nH]c3ccccc3c(=O)c2c1. The van der Waals surface area contributed by atoms with Crippen LogP contribution in [0, 0.1) is 0 Å². The Labute approximate surface area is 119 Å². The molecular formula is C15H12N2O2S. The molecule has 3 aromatic rings. The summed E-state index contributed by atoms with van der Waals surface area (Å²) in [5.74, 6) is -0.545. The first kappa shape index (κ1) is 12.7. The van der Waals surface area contributed by atoms with Crippen molar-refractivity contribution in [3.8, 4) is 0 Å². The highest BCUT2D eigenvalue weighted by atomic mass is 32.2. The maximum Gasteiger partial charge on any atom is 0.250 e. The number of rotatable bonds is 2. The monoisotopic (exact) mass is 284 g/mol. The summed E-state index contributed by atoms with van der Waals surface area (Å²) in [6, 6.07) is 10.7. The summed E-state index contributed by atoms with van der Waals surface area (Å²) in [6.45, 7) is 0. The number of H-pyrrole nitrogens is 1. The van der Waals surface area contributed by atoms with Crippen LogP contribution in [0.3, 0.4) is 0 Å². The average molecular weight is 284 g/mol. The first-order valence-corrected chi connectivity index (χ1v) is 7.27. The molecule has 0 spiro atoms. The zero-order valence-corrected chi connectivity index (χ0v) is 11.6. The highest BCUT2D eigenvalue weighted by Gasteiger charge is 2.13. The van der Waals surface area contributed by atoms with Gasteiger partial charge in [0, 0.05) is 21.2 Å². The van der Waals surface area contributed by atoms with Gasteiger partial charge < -0.3 is 10.7 Å². The Balaban J connectivity index is 2.57. The third kappa shape index (κ3) is 1.87. The van der Waals surface area contributed by atoms with Crippen LogP contribution < -0.4 is 11.2 Å². The molecule has 0 aliphatic carbocycles. The van der Waals surface area contributed by atoms with Crippen LogP contribution in [0.2, 0.25) is 0 Å². The fourth-order valence-corrected chi connectivity index (χ4v) is 2.78. The molecule has 1 heterocycles. The van der Waals surface area contributed by atoms with Crippen molar-refractivity contribution < 1.29 is 4.79 Å². The largest absolute Gasteiger partial charge is 0.366 e. The summed E-state index contributed by atoms with van der Waals surface area (Å²) < 4.78 is 0. The van der Waals surface area contributed by atoms with Crippen molar-refractivity contribution in [2.24, 2.45) is 5.73 Å². The molecule has 0 atom stereocenters. The summed E-state index contributed by atoms with van der Waals surface area (Å²) in [7, 11) is 0. The topological polar surface area (TPSA) is 76.0 Å². The van der Waals surface area contributed by atoms with Gasteiger partial charge in [-0.3, -0.25) is 9.59 Å². The summed E-state index contributed by atoms with van der Waals surface area (Å²) in [5.41, 5.74) is 6.88. The van der Waals surface area contributed by atoms with Crippen LogP contribution in [0.1, 0.15) is 10.4 Å². The van der Waals surface area contributed by atoms with Crippen molar-refractivity contribution in [1.82, 2.24) is 4.98 Å². The van der Waals surface area contributed by atoms with Gasteiger partial charge in [-0.2, -0.15) is 0 Å². The lowest BCUT2D eigenvalue weighted by Gasteiger charge is -2.08. The number of amides is 1. The van der Waals surface area contributed by atoms with Crippen molar-refractivity contribution in [1.29, 1.82) is 0 Å². The van der Waals surface area contributed by atoms with E-state index < -0.39 is 5.91 Å². The summed E-state index contributed by atoms with van der Waals surface area (Å²) in [6.07, 6.45) is 1.89. The van der Waals surface area contributed by atoms with Gasteiger partial charge in [0.1, 0.15) is 0 Å². The van der Waals surface area contributed by atoms with E-state index in [-0.39, 0.29) is 5.43 Å². The second kappa shape index (κ2) is 4.68. The number of hydrogen-bond donors (Lipinski definition) is 2. The molecule has 100 valence electrons. The zero-order valence-electron chi connectivity index (χ0n) is 10.8. The van der Waals surface area contributed by atoms with Crippen LogP contribution in [-0.4, -0.2) is 17.1 Å². The second-order valence-electron chi connectivity index (χ2n) is 4.46. The molecule has 0 fully saturated rings. The molecule has 1 amide bonds. The van der Waals surface area contributed by atoms with E-state index in [1.54, 1.807) is 18.2 Å². The van der Waals surface area contributed by atoms with Gasteiger partial charge in [0.2, 0.25) is 0 Å². The zero-order chi connectivity index (χ0) is 14.3. The minimum absolute atomic E-state index is 0.0900. The predicted molar refractivity (Wildman–Crippen MR) is 82.4 cm³/mol. The number of pyridine rings is 1. The molecule has 0 aliphatic heterocycles. The number of aromatic amines is 1. The summed E-state index contributed by atoms with van der Waals surface area (Å²) >= 11 is 1.47. The highest BCUT2D eigenvalue weighted by molar-refractivity contribution is 7.98. The molecule has 0 bridgehead atoms. The standard InChI is InChI=1S/C15H12N2O2S/c1-20-8-6-10-13(11(7-8)15(16)19)17-12-5-3-2-4-9(12)14(10)18/h2-7H,1H3,(H2,16,19)(H,17,18). The van der Waals surface area contributed by atoms with Crippen LogP contribution in [0.4, 0.5) is 0 Å². The average Bonchev–Trinajstić information content (AvgIpc) is 2.46. The predicted octanol–water partition coefficient (Wildman–Crippen LogP) is 2.50. The quantitative estimate of drug-likeness (QED) is 0.561. The Kier molecular flexibility index (Phi) is 2.99. The Bertz CT molecular complexity index is 899. The molecule has 1 aromatic heterocycles. The van der Waals surface area contributed by atoms with Crippen molar-refractivity contribution >= 4 is 39.5 Å². The summed E-state index contributed by atoms with van der Waals surface area (Å²) in [4.78, 5) is 28.2. The number of hydrogen-bond acceptors (Lipinski definition) is 3. The van der Waals surface area contributed by atoms with Crippen LogP contribution in [0.5, 0.6) is 0 Å². The number of fused-ring (bicyclic) bond motifs is 2. The number of carbonyl (C=O) groups is 1. The molecule has 0 unspecified atom stereocenters. The smallest absolute Gasteiger partial charge is 0.250 e. The van der Waals surface area contributed by atoms with Gasteiger partial charge in [0.05, 0.1) is 11.1 Å². The molecule has 3 N–H and O–H groups in total. The van der Waals surface area contributed by atoms with Crippen molar-refractivity contribution in [2.45, 2.75) is 4.90 Å². The fraction of sp³-hybridized carbons (Fsp3) is 0.0667. The Morgan fingerprint density at radius 3 is 2.65 bits per heavy atom. The number of primary amides is 1. The van der Waals surface area contributed by atoms with Gasteiger partial charge in [0.25, 0.3) is 5.91 Å². The molecule has 0 saturated heterocycles. The van der Waals surface area contributed by atoms with Crippen LogP contribution >= 0.6 is 11.8 Å². The molecule has 0 radical (unpaired) electrons. The van der Waals surface area contributed by atoms with E-state index in [0.29, 0.717) is 27.4 Å². The molecule has 4 nitrogen and oxygen atoms in total. The first-order chi connectivity index (χ1) is 9.61. The molecule has 5 heteroatoms. The maximum absolute atomic E-state index is 12.5. The van der Waals surface area contributed by atoms with Gasteiger partial charge >= 0.3 is 0 Å². The number of thioether (sulfide) groups is 1. The maximum atomic E-state index is 12.5. The van der Waals surface area contributed by atoms with Crippen molar-refractivity contribution in [3.63, 3.8) is 0 Å². The van der Waals surface area contributed by atoms with Gasteiger partial charge in [-0.15, -0.1) is 11.8 Å². The number of nitrogens with one attached hydrogen (secondary N) is 1. The van der Waals surface area contributed by atoms with Crippen LogP contribution in [-0.2, 0) is 0 Å². The van der Waals surface area contributed by atoms with Crippen molar-refractivity contribution in [3.05, 3.63) is 52.2 Å². The molecule has 20 heavy (non-hydrogen) atoms. The van der Waals surface area contributed by atoms with Gasteiger partial charge in [-0.1, -0.05) is 12.1 Å². The molecule has 0 aliphatic rings. The van der Waals surface area contributed by atoms with Crippen LogP contribution in [0.25, 0.3) is 21.8 Å². The minimum atomic E-state index is -0.545. The number of carbonyl (C=O) groups excluding carboxylic acids is 1. The fourth-order valence-electron chi connectivity index (χ4n) is 2.31. The Morgan fingerprint density at radius 1 is 1.20 bits per heavy atom. The normalized spacial score (nSPS) is 11.1. The summed E-state index contributed by atoms with van der Waals surface area (Å²) in [5, 5.41) is 1.10. The van der Waals surface area contributed by atoms with E-state index in [4.69, 9.17) is 5.73 Å². The number of aromatic nitrogens is 1. The molecule has 3 rings (SSSR count). The molecule has 0 saturated carbocycles. The molecular weight excluding hydrogens is 272 g/mol. The highest BCUT2D eigenvalue weighted by Crippen LogP contribution is 2.24. The number of benzene rings is 2. The van der Waals surface area contributed by atoms with Crippen LogP contribution in [0.15, 0.2) is 46.1 Å².